The van der Waals surface area contributed by atoms with E-state index in [-0.39, 0.29) is 11.7 Å². The molecule has 118 valence electrons. The van der Waals surface area contributed by atoms with Crippen LogP contribution in [0.5, 0.6) is 0 Å². The fraction of sp³-hybridized carbons (Fsp3) is 0.167. The highest BCUT2D eigenvalue weighted by Gasteiger charge is 2.21. The number of para-hydroxylation sites is 1. The number of halogens is 1. The highest BCUT2D eigenvalue weighted by molar-refractivity contribution is 6.34. The molecule has 3 rings (SSSR count). The number of ether oxygens (including phenoxy) is 1. The Bertz CT molecular complexity index is 870. The van der Waals surface area contributed by atoms with Gasteiger partial charge in [-0.05, 0) is 30.7 Å². The highest BCUT2D eigenvalue weighted by Crippen LogP contribution is 2.29. The van der Waals surface area contributed by atoms with Crippen molar-refractivity contribution < 1.29 is 13.9 Å². The summed E-state index contributed by atoms with van der Waals surface area (Å²) in [6.45, 7) is 2.23. The topological polar surface area (TPSA) is 51.5 Å². The van der Waals surface area contributed by atoms with E-state index in [0.29, 0.717) is 22.9 Å². The molecule has 1 aromatic heterocycles. The number of amides is 1. The van der Waals surface area contributed by atoms with Crippen molar-refractivity contribution in [3.8, 4) is 0 Å². The van der Waals surface area contributed by atoms with Crippen LogP contribution in [0, 0.1) is 6.92 Å². The van der Waals surface area contributed by atoms with Crippen LogP contribution in [-0.2, 0) is 11.3 Å². The monoisotopic (exact) mass is 329 g/mol. The fourth-order valence-electron chi connectivity index (χ4n) is 2.47. The molecule has 2 aromatic carbocycles. The minimum atomic E-state index is -0.348. The Morgan fingerprint density at radius 2 is 2.04 bits per heavy atom. The van der Waals surface area contributed by atoms with Gasteiger partial charge in [-0.15, -0.1) is 0 Å². The number of aryl methyl sites for hydroxylation is 1. The lowest BCUT2D eigenvalue weighted by Gasteiger charge is -2.07. The van der Waals surface area contributed by atoms with E-state index in [1.807, 2.05) is 37.3 Å². The smallest absolute Gasteiger partial charge is 0.291 e. The summed E-state index contributed by atoms with van der Waals surface area (Å²) in [6.07, 6.45) is 0. The third kappa shape index (κ3) is 3.09. The zero-order chi connectivity index (χ0) is 16.4. The number of benzene rings is 2. The van der Waals surface area contributed by atoms with Crippen molar-refractivity contribution in [1.29, 1.82) is 0 Å². The van der Waals surface area contributed by atoms with E-state index in [1.54, 1.807) is 19.2 Å². The van der Waals surface area contributed by atoms with Crippen molar-refractivity contribution in [3.05, 3.63) is 64.4 Å². The van der Waals surface area contributed by atoms with Gasteiger partial charge in [0.05, 0.1) is 17.3 Å². The van der Waals surface area contributed by atoms with Gasteiger partial charge in [0.25, 0.3) is 5.91 Å². The minimum Gasteiger partial charge on any atom is -0.451 e. The number of hydrogen-bond donors (Lipinski definition) is 1. The number of anilines is 1. The molecule has 0 spiro atoms. The second kappa shape index (κ2) is 6.44. The molecule has 0 atom stereocenters. The van der Waals surface area contributed by atoms with Crippen molar-refractivity contribution in [1.82, 2.24) is 0 Å². The van der Waals surface area contributed by atoms with Crippen molar-refractivity contribution in [3.63, 3.8) is 0 Å². The molecular weight excluding hydrogens is 314 g/mol. The Labute approximate surface area is 139 Å². The second-order valence-corrected chi connectivity index (χ2v) is 5.68. The fourth-order valence-corrected chi connectivity index (χ4v) is 2.75. The maximum Gasteiger partial charge on any atom is 0.291 e. The molecule has 0 saturated heterocycles. The van der Waals surface area contributed by atoms with Crippen LogP contribution in [0.25, 0.3) is 11.0 Å². The largest absolute Gasteiger partial charge is 0.451 e. The van der Waals surface area contributed by atoms with E-state index in [4.69, 9.17) is 20.8 Å². The van der Waals surface area contributed by atoms with E-state index < -0.39 is 0 Å². The van der Waals surface area contributed by atoms with Gasteiger partial charge in [0.2, 0.25) is 0 Å². The number of carbonyl (C=O) groups is 1. The van der Waals surface area contributed by atoms with Crippen LogP contribution in [0.3, 0.4) is 0 Å². The molecule has 1 N–H and O–H groups in total. The van der Waals surface area contributed by atoms with E-state index in [2.05, 4.69) is 5.32 Å². The van der Waals surface area contributed by atoms with Gasteiger partial charge in [0.1, 0.15) is 5.58 Å². The lowest BCUT2D eigenvalue weighted by atomic mass is 10.1. The number of furan rings is 1. The van der Waals surface area contributed by atoms with Crippen LogP contribution in [0.2, 0.25) is 5.02 Å². The molecular formula is C18H16ClNO3. The van der Waals surface area contributed by atoms with Crippen LogP contribution < -0.4 is 5.32 Å². The normalized spacial score (nSPS) is 10.9. The predicted octanol–water partition coefficient (Wildman–Crippen LogP) is 4.79. The number of hydrogen-bond acceptors (Lipinski definition) is 3. The molecule has 0 saturated carbocycles. The first-order chi connectivity index (χ1) is 11.1. The molecule has 1 amide bonds. The summed E-state index contributed by atoms with van der Waals surface area (Å²) in [5.74, 6) is -0.108. The molecule has 0 fully saturated rings. The average molecular weight is 330 g/mol. The number of methoxy groups -OCH3 is 1. The van der Waals surface area contributed by atoms with E-state index in [9.17, 15) is 4.79 Å². The van der Waals surface area contributed by atoms with Gasteiger partial charge < -0.3 is 14.5 Å². The first kappa shape index (κ1) is 15.6. The molecule has 23 heavy (non-hydrogen) atoms. The van der Waals surface area contributed by atoms with E-state index in [1.165, 1.54) is 0 Å². The molecule has 0 bridgehead atoms. The minimum absolute atomic E-state index is 0.240. The summed E-state index contributed by atoms with van der Waals surface area (Å²) >= 11 is 6.17. The Morgan fingerprint density at radius 1 is 1.26 bits per heavy atom. The standard InChI is InChI=1S/C18H16ClNO3/c1-11-7-8-15(14(19)9-11)20-18(21)17-13(10-22-2)12-5-3-4-6-16(12)23-17/h3-9H,10H2,1-2H3,(H,20,21). The van der Waals surface area contributed by atoms with Crippen molar-refractivity contribution >= 4 is 34.2 Å². The molecule has 4 nitrogen and oxygen atoms in total. The SMILES string of the molecule is COCc1c(C(=O)Nc2ccc(C)cc2Cl)oc2ccccc12. The first-order valence-electron chi connectivity index (χ1n) is 7.17. The van der Waals surface area contributed by atoms with Gasteiger partial charge in [-0.25, -0.2) is 0 Å². The van der Waals surface area contributed by atoms with Gasteiger partial charge in [-0.1, -0.05) is 35.9 Å². The van der Waals surface area contributed by atoms with E-state index >= 15 is 0 Å². The number of nitrogens with one attached hydrogen (secondary N) is 1. The molecule has 0 aliphatic carbocycles. The third-order valence-electron chi connectivity index (χ3n) is 3.57. The van der Waals surface area contributed by atoms with Crippen molar-refractivity contribution in [2.75, 3.05) is 12.4 Å². The summed E-state index contributed by atoms with van der Waals surface area (Å²) < 4.78 is 10.9. The third-order valence-corrected chi connectivity index (χ3v) is 3.88. The van der Waals surface area contributed by atoms with Gasteiger partial charge in [0, 0.05) is 18.1 Å². The van der Waals surface area contributed by atoms with Gasteiger partial charge in [-0.2, -0.15) is 0 Å². The van der Waals surface area contributed by atoms with Crippen molar-refractivity contribution in [2.24, 2.45) is 0 Å². The highest BCUT2D eigenvalue weighted by atomic mass is 35.5. The Balaban J connectivity index is 1.98. The molecule has 1 heterocycles. The summed E-state index contributed by atoms with van der Waals surface area (Å²) in [5.41, 5.74) is 2.95. The number of rotatable bonds is 4. The van der Waals surface area contributed by atoms with E-state index in [0.717, 1.165) is 16.5 Å². The summed E-state index contributed by atoms with van der Waals surface area (Å²) in [7, 11) is 1.58. The molecule has 0 aliphatic rings. The number of fused-ring (bicyclic) bond motifs is 1. The molecule has 5 heteroatoms. The zero-order valence-electron chi connectivity index (χ0n) is 12.9. The molecule has 0 radical (unpaired) electrons. The predicted molar refractivity (Wildman–Crippen MR) is 91.1 cm³/mol. The van der Waals surface area contributed by atoms with Gasteiger partial charge in [0.15, 0.2) is 5.76 Å². The van der Waals surface area contributed by atoms with Crippen LogP contribution in [-0.4, -0.2) is 13.0 Å². The summed E-state index contributed by atoms with van der Waals surface area (Å²) in [6, 6.07) is 12.9. The van der Waals surface area contributed by atoms with Gasteiger partial charge in [-0.3, -0.25) is 4.79 Å². The average Bonchev–Trinajstić information content (AvgIpc) is 2.90. The zero-order valence-corrected chi connectivity index (χ0v) is 13.6. The quantitative estimate of drug-likeness (QED) is 0.748. The molecule has 0 unspecified atom stereocenters. The molecule has 3 aromatic rings. The summed E-state index contributed by atoms with van der Waals surface area (Å²) in [5, 5.41) is 4.15. The summed E-state index contributed by atoms with van der Waals surface area (Å²) in [4.78, 5) is 12.6. The number of carbonyl (C=O) groups excluding carboxylic acids is 1. The lowest BCUT2D eigenvalue weighted by Crippen LogP contribution is -2.13. The van der Waals surface area contributed by atoms with Crippen LogP contribution in [0.15, 0.2) is 46.9 Å². The van der Waals surface area contributed by atoms with Crippen LogP contribution in [0.1, 0.15) is 21.7 Å². The Hall–Kier alpha value is -2.30. The van der Waals surface area contributed by atoms with Gasteiger partial charge >= 0.3 is 0 Å². The lowest BCUT2D eigenvalue weighted by molar-refractivity contribution is 0.0992. The maximum absolute atomic E-state index is 12.6. The van der Waals surface area contributed by atoms with Crippen molar-refractivity contribution in [2.45, 2.75) is 13.5 Å². The van der Waals surface area contributed by atoms with Crippen LogP contribution in [0.4, 0.5) is 5.69 Å². The maximum atomic E-state index is 12.6. The Morgan fingerprint density at radius 3 is 2.78 bits per heavy atom. The first-order valence-corrected chi connectivity index (χ1v) is 7.55. The Kier molecular flexibility index (Phi) is 4.37. The molecule has 0 aliphatic heterocycles. The second-order valence-electron chi connectivity index (χ2n) is 5.28. The van der Waals surface area contributed by atoms with Crippen LogP contribution >= 0.6 is 11.6 Å².